The van der Waals surface area contributed by atoms with E-state index in [1.807, 2.05) is 0 Å². The standard InChI is InChI=1S/C14H22OS/c1-4-6-14(16-3)11-12(5-2)13-7-9-15-10-8-13/h4-6,11,13H,7-10H2,1-3H3/b6-4-,12-5+,14-11+. The molecule has 0 saturated carbocycles. The Morgan fingerprint density at radius 3 is 2.44 bits per heavy atom. The fourth-order valence-electron chi connectivity index (χ4n) is 1.97. The molecule has 0 aromatic carbocycles. The number of ether oxygens (including phenoxy) is 1. The summed E-state index contributed by atoms with van der Waals surface area (Å²) in [7, 11) is 0. The number of allylic oxidation sites excluding steroid dienone is 5. The summed E-state index contributed by atoms with van der Waals surface area (Å²) in [5, 5.41) is 0. The van der Waals surface area contributed by atoms with Gasteiger partial charge in [-0.2, -0.15) is 0 Å². The molecule has 2 heteroatoms. The lowest BCUT2D eigenvalue weighted by Gasteiger charge is -2.23. The Morgan fingerprint density at radius 1 is 1.25 bits per heavy atom. The van der Waals surface area contributed by atoms with Crippen LogP contribution in [0.3, 0.4) is 0 Å². The van der Waals surface area contributed by atoms with Crippen molar-refractivity contribution >= 4 is 11.8 Å². The summed E-state index contributed by atoms with van der Waals surface area (Å²) in [6.07, 6.45) is 13.3. The molecule has 0 aromatic heterocycles. The maximum Gasteiger partial charge on any atom is 0.0471 e. The smallest absolute Gasteiger partial charge is 0.0471 e. The molecule has 0 bridgehead atoms. The molecule has 0 amide bonds. The first-order valence-corrected chi connectivity index (χ1v) is 7.16. The molecule has 0 aliphatic carbocycles. The highest BCUT2D eigenvalue weighted by molar-refractivity contribution is 8.02. The van der Waals surface area contributed by atoms with Crippen LogP contribution in [-0.2, 0) is 4.74 Å². The predicted octanol–water partition coefficient (Wildman–Crippen LogP) is 4.18. The van der Waals surface area contributed by atoms with Crippen molar-refractivity contribution in [3.63, 3.8) is 0 Å². The van der Waals surface area contributed by atoms with Crippen molar-refractivity contribution in [2.24, 2.45) is 5.92 Å². The van der Waals surface area contributed by atoms with Crippen LogP contribution in [0.5, 0.6) is 0 Å². The van der Waals surface area contributed by atoms with Gasteiger partial charge in [-0.1, -0.05) is 18.2 Å². The Balaban J connectivity index is 2.73. The van der Waals surface area contributed by atoms with Crippen molar-refractivity contribution < 1.29 is 4.74 Å². The molecule has 0 N–H and O–H groups in total. The van der Waals surface area contributed by atoms with Crippen molar-refractivity contribution in [2.75, 3.05) is 19.5 Å². The van der Waals surface area contributed by atoms with Gasteiger partial charge in [-0.3, -0.25) is 0 Å². The molecular weight excluding hydrogens is 216 g/mol. The fourth-order valence-corrected chi connectivity index (χ4v) is 2.50. The molecule has 1 aliphatic heterocycles. The van der Waals surface area contributed by atoms with Crippen LogP contribution in [0, 0.1) is 5.92 Å². The third kappa shape index (κ3) is 4.18. The van der Waals surface area contributed by atoms with Gasteiger partial charge in [0.1, 0.15) is 0 Å². The second kappa shape index (κ2) is 7.75. The van der Waals surface area contributed by atoms with Gasteiger partial charge in [-0.05, 0) is 50.5 Å². The lowest BCUT2D eigenvalue weighted by Crippen LogP contribution is -2.16. The Morgan fingerprint density at radius 2 is 1.94 bits per heavy atom. The minimum absolute atomic E-state index is 0.686. The Kier molecular flexibility index (Phi) is 6.58. The monoisotopic (exact) mass is 238 g/mol. The maximum absolute atomic E-state index is 5.41. The van der Waals surface area contributed by atoms with Gasteiger partial charge < -0.3 is 4.74 Å². The van der Waals surface area contributed by atoms with Crippen LogP contribution in [0.1, 0.15) is 26.7 Å². The van der Waals surface area contributed by atoms with Crippen LogP contribution in [-0.4, -0.2) is 19.5 Å². The highest BCUT2D eigenvalue weighted by Gasteiger charge is 2.16. The Labute approximate surface area is 104 Å². The molecular formula is C14H22OS. The zero-order chi connectivity index (χ0) is 11.8. The van der Waals surface area contributed by atoms with Crippen LogP contribution >= 0.6 is 11.8 Å². The van der Waals surface area contributed by atoms with E-state index in [-0.39, 0.29) is 0 Å². The van der Waals surface area contributed by atoms with Crippen LogP contribution in [0.15, 0.2) is 34.8 Å². The lowest BCUT2D eigenvalue weighted by atomic mass is 9.91. The van der Waals surface area contributed by atoms with E-state index in [1.165, 1.54) is 10.5 Å². The van der Waals surface area contributed by atoms with E-state index in [1.54, 1.807) is 11.8 Å². The van der Waals surface area contributed by atoms with E-state index >= 15 is 0 Å². The summed E-state index contributed by atoms with van der Waals surface area (Å²) < 4.78 is 5.41. The van der Waals surface area contributed by atoms with Gasteiger partial charge in [0.25, 0.3) is 0 Å². The molecule has 1 rings (SSSR count). The normalized spacial score (nSPS) is 20.7. The number of rotatable bonds is 4. The molecule has 16 heavy (non-hydrogen) atoms. The number of hydrogen-bond donors (Lipinski definition) is 0. The summed E-state index contributed by atoms with van der Waals surface area (Å²) in [5.74, 6) is 0.686. The number of thioether (sulfide) groups is 1. The van der Waals surface area contributed by atoms with Crippen molar-refractivity contribution in [1.82, 2.24) is 0 Å². The van der Waals surface area contributed by atoms with E-state index in [4.69, 9.17) is 4.74 Å². The van der Waals surface area contributed by atoms with Crippen LogP contribution in [0.25, 0.3) is 0 Å². The molecule has 1 fully saturated rings. The Bertz CT molecular complexity index is 283. The SMILES string of the molecule is C\C=C/C(=C\C(=C/C)C1CCOCC1)SC. The predicted molar refractivity (Wildman–Crippen MR) is 73.7 cm³/mol. The topological polar surface area (TPSA) is 9.23 Å². The van der Waals surface area contributed by atoms with Gasteiger partial charge >= 0.3 is 0 Å². The van der Waals surface area contributed by atoms with Crippen LogP contribution in [0.4, 0.5) is 0 Å². The molecule has 0 radical (unpaired) electrons. The van der Waals surface area contributed by atoms with Crippen molar-refractivity contribution in [1.29, 1.82) is 0 Å². The quantitative estimate of drug-likeness (QED) is 0.679. The minimum Gasteiger partial charge on any atom is -0.381 e. The molecule has 0 unspecified atom stereocenters. The molecule has 1 nitrogen and oxygen atoms in total. The van der Waals surface area contributed by atoms with Gasteiger partial charge in [0.2, 0.25) is 0 Å². The van der Waals surface area contributed by atoms with Crippen molar-refractivity contribution in [3.05, 3.63) is 34.8 Å². The van der Waals surface area contributed by atoms with Gasteiger partial charge in [0, 0.05) is 18.1 Å². The van der Waals surface area contributed by atoms with E-state index < -0.39 is 0 Å². The zero-order valence-electron chi connectivity index (χ0n) is 10.5. The summed E-state index contributed by atoms with van der Waals surface area (Å²) in [6, 6.07) is 0. The van der Waals surface area contributed by atoms with E-state index in [0.717, 1.165) is 26.1 Å². The highest BCUT2D eigenvalue weighted by Crippen LogP contribution is 2.27. The van der Waals surface area contributed by atoms with Gasteiger partial charge in [0.05, 0.1) is 0 Å². The highest BCUT2D eigenvalue weighted by atomic mass is 32.2. The molecule has 0 spiro atoms. The number of hydrogen-bond acceptors (Lipinski definition) is 2. The second-order valence-electron chi connectivity index (χ2n) is 3.93. The summed E-state index contributed by atoms with van der Waals surface area (Å²) >= 11 is 1.80. The molecule has 1 aliphatic rings. The first-order valence-electron chi connectivity index (χ1n) is 5.94. The van der Waals surface area contributed by atoms with Gasteiger partial charge in [-0.15, -0.1) is 11.8 Å². The first-order chi connectivity index (χ1) is 7.81. The molecule has 1 saturated heterocycles. The van der Waals surface area contributed by atoms with E-state index in [0.29, 0.717) is 5.92 Å². The maximum atomic E-state index is 5.41. The second-order valence-corrected chi connectivity index (χ2v) is 4.81. The van der Waals surface area contributed by atoms with E-state index in [9.17, 15) is 0 Å². The third-order valence-corrected chi connectivity index (χ3v) is 3.63. The zero-order valence-corrected chi connectivity index (χ0v) is 11.3. The largest absolute Gasteiger partial charge is 0.381 e. The molecule has 0 atom stereocenters. The van der Waals surface area contributed by atoms with Gasteiger partial charge in [0.15, 0.2) is 0 Å². The summed E-state index contributed by atoms with van der Waals surface area (Å²) in [5.41, 5.74) is 1.46. The molecule has 0 aromatic rings. The fraction of sp³-hybridized carbons (Fsp3) is 0.571. The molecule has 1 heterocycles. The summed E-state index contributed by atoms with van der Waals surface area (Å²) in [4.78, 5) is 1.34. The average molecular weight is 238 g/mol. The van der Waals surface area contributed by atoms with Crippen LogP contribution < -0.4 is 0 Å². The average Bonchev–Trinajstić information content (AvgIpc) is 2.35. The van der Waals surface area contributed by atoms with Gasteiger partial charge in [-0.25, -0.2) is 0 Å². The third-order valence-electron chi connectivity index (χ3n) is 2.90. The lowest BCUT2D eigenvalue weighted by molar-refractivity contribution is 0.0765. The van der Waals surface area contributed by atoms with Crippen molar-refractivity contribution in [2.45, 2.75) is 26.7 Å². The summed E-state index contributed by atoms with van der Waals surface area (Å²) in [6.45, 7) is 6.02. The Hall–Kier alpha value is -0.470. The van der Waals surface area contributed by atoms with Crippen molar-refractivity contribution in [3.8, 4) is 0 Å². The van der Waals surface area contributed by atoms with Crippen LogP contribution in [0.2, 0.25) is 0 Å². The minimum atomic E-state index is 0.686. The molecule has 90 valence electrons. The first kappa shape index (κ1) is 13.6. The van der Waals surface area contributed by atoms with E-state index in [2.05, 4.69) is 44.4 Å².